The normalized spacial score (nSPS) is 19.7. The van der Waals surface area contributed by atoms with E-state index in [1.807, 2.05) is 39.1 Å². The van der Waals surface area contributed by atoms with E-state index >= 15 is 0 Å². The third-order valence-corrected chi connectivity index (χ3v) is 4.32. The fourth-order valence-electron chi connectivity index (χ4n) is 2.30. The van der Waals surface area contributed by atoms with Gasteiger partial charge in [-0.1, -0.05) is 44.2 Å². The van der Waals surface area contributed by atoms with Gasteiger partial charge in [0.25, 0.3) is 0 Å². The Labute approximate surface area is 142 Å². The molecule has 0 spiro atoms. The predicted molar refractivity (Wildman–Crippen MR) is 102 cm³/mol. The molecule has 1 saturated heterocycles. The molecule has 4 heteroatoms. The summed E-state index contributed by atoms with van der Waals surface area (Å²) in [6.45, 7) is 14.3. The highest BCUT2D eigenvalue weighted by Crippen LogP contribution is 2.36. The molecule has 1 aliphatic rings. The fourth-order valence-corrected chi connectivity index (χ4v) is 2.30. The Kier molecular flexibility index (Phi) is 6.78. The Morgan fingerprint density at radius 3 is 2.13 bits per heavy atom. The molecule has 23 heavy (non-hydrogen) atoms. The molecule has 1 fully saturated rings. The van der Waals surface area contributed by atoms with Gasteiger partial charge < -0.3 is 9.31 Å². The second-order valence-corrected chi connectivity index (χ2v) is 6.35. The molecule has 0 amide bonds. The Morgan fingerprint density at radius 2 is 1.65 bits per heavy atom. The summed E-state index contributed by atoms with van der Waals surface area (Å²) >= 11 is 0. The van der Waals surface area contributed by atoms with Crippen molar-refractivity contribution in [2.24, 2.45) is 4.99 Å². The molecule has 1 aromatic rings. The standard InChI is InChI=1S/C17H24BNO2.C2H6/c1-7-13(12-19-6)14-9-8-10-15(11-14)18-20-16(2,3)17(4,5)21-18;1-2/h7-12H,1-6H3;1-2H3/b13-7+,19-12?;. The zero-order valence-corrected chi connectivity index (χ0v) is 15.8. The molecule has 3 nitrogen and oxygen atoms in total. The molecule has 0 radical (unpaired) electrons. The van der Waals surface area contributed by atoms with E-state index in [9.17, 15) is 0 Å². The van der Waals surface area contributed by atoms with Crippen molar-refractivity contribution < 1.29 is 9.31 Å². The van der Waals surface area contributed by atoms with Crippen LogP contribution in [-0.4, -0.2) is 31.6 Å². The molecule has 0 aromatic heterocycles. The van der Waals surface area contributed by atoms with Crippen LogP contribution in [0, 0.1) is 0 Å². The van der Waals surface area contributed by atoms with Crippen molar-refractivity contribution in [3.63, 3.8) is 0 Å². The van der Waals surface area contributed by atoms with Gasteiger partial charge in [-0.05, 0) is 51.2 Å². The van der Waals surface area contributed by atoms with Crippen LogP contribution < -0.4 is 5.46 Å². The largest absolute Gasteiger partial charge is 0.494 e. The number of benzene rings is 1. The topological polar surface area (TPSA) is 30.8 Å². The van der Waals surface area contributed by atoms with E-state index in [2.05, 4.69) is 50.9 Å². The van der Waals surface area contributed by atoms with Crippen LogP contribution in [0.5, 0.6) is 0 Å². The molecule has 1 aromatic carbocycles. The number of hydrogen-bond acceptors (Lipinski definition) is 3. The van der Waals surface area contributed by atoms with Gasteiger partial charge in [-0.2, -0.15) is 0 Å². The maximum Gasteiger partial charge on any atom is 0.494 e. The number of nitrogens with zero attached hydrogens (tertiary/aromatic N) is 1. The maximum absolute atomic E-state index is 6.10. The first kappa shape index (κ1) is 19.7. The first-order chi connectivity index (χ1) is 10.8. The van der Waals surface area contributed by atoms with E-state index in [-0.39, 0.29) is 18.3 Å². The summed E-state index contributed by atoms with van der Waals surface area (Å²) in [6, 6.07) is 8.26. The van der Waals surface area contributed by atoms with Gasteiger partial charge in [0.1, 0.15) is 0 Å². The number of hydrogen-bond donors (Lipinski definition) is 0. The molecule has 0 N–H and O–H groups in total. The van der Waals surface area contributed by atoms with E-state index in [4.69, 9.17) is 9.31 Å². The molecule has 0 atom stereocenters. The first-order valence-electron chi connectivity index (χ1n) is 8.35. The zero-order valence-electron chi connectivity index (χ0n) is 15.8. The van der Waals surface area contributed by atoms with Crippen LogP contribution in [0.4, 0.5) is 0 Å². The Hall–Kier alpha value is -1.39. The minimum absolute atomic E-state index is 0.317. The Morgan fingerprint density at radius 1 is 1.09 bits per heavy atom. The van der Waals surface area contributed by atoms with E-state index in [1.54, 1.807) is 7.05 Å². The van der Waals surface area contributed by atoms with E-state index in [0.29, 0.717) is 0 Å². The smallest absolute Gasteiger partial charge is 0.399 e. The minimum Gasteiger partial charge on any atom is -0.399 e. The average molecular weight is 315 g/mol. The monoisotopic (exact) mass is 315 g/mol. The summed E-state index contributed by atoms with van der Waals surface area (Å²) in [4.78, 5) is 4.10. The van der Waals surface area contributed by atoms with Gasteiger partial charge >= 0.3 is 7.12 Å². The lowest BCUT2D eigenvalue weighted by molar-refractivity contribution is 0.00578. The molecule has 1 heterocycles. The van der Waals surface area contributed by atoms with Crippen molar-refractivity contribution in [2.75, 3.05) is 7.05 Å². The Balaban J connectivity index is 0.00000127. The van der Waals surface area contributed by atoms with Crippen molar-refractivity contribution in [3.05, 3.63) is 35.9 Å². The lowest BCUT2D eigenvalue weighted by Gasteiger charge is -2.32. The fraction of sp³-hybridized carbons (Fsp3) is 0.526. The number of aliphatic imine (C=N–C) groups is 1. The van der Waals surface area contributed by atoms with E-state index in [1.165, 1.54) is 0 Å². The van der Waals surface area contributed by atoms with Gasteiger partial charge in [0.15, 0.2) is 0 Å². The van der Waals surface area contributed by atoms with Gasteiger partial charge in [0.2, 0.25) is 0 Å². The van der Waals surface area contributed by atoms with Crippen LogP contribution in [-0.2, 0) is 9.31 Å². The van der Waals surface area contributed by atoms with Gasteiger partial charge in [0.05, 0.1) is 11.2 Å². The lowest BCUT2D eigenvalue weighted by atomic mass is 9.78. The molecule has 0 aliphatic carbocycles. The predicted octanol–water partition coefficient (Wildman–Crippen LogP) is 4.12. The highest BCUT2D eigenvalue weighted by Gasteiger charge is 2.51. The summed E-state index contributed by atoms with van der Waals surface area (Å²) in [6.07, 6.45) is 3.92. The van der Waals surface area contributed by atoms with Crippen LogP contribution in [0.15, 0.2) is 35.3 Å². The molecule has 126 valence electrons. The van der Waals surface area contributed by atoms with Crippen molar-refractivity contribution in [1.82, 2.24) is 0 Å². The molecular weight excluding hydrogens is 285 g/mol. The number of rotatable bonds is 3. The van der Waals surface area contributed by atoms with Crippen molar-refractivity contribution >= 4 is 24.4 Å². The van der Waals surface area contributed by atoms with Gasteiger partial charge in [0, 0.05) is 13.3 Å². The SMILES string of the molecule is C/C=C(\C=NC)c1cccc(B2OC(C)(C)C(C)(C)O2)c1.CC. The summed E-state index contributed by atoms with van der Waals surface area (Å²) in [7, 11) is 1.45. The maximum atomic E-state index is 6.10. The molecule has 0 unspecified atom stereocenters. The van der Waals surface area contributed by atoms with Crippen molar-refractivity contribution in [1.29, 1.82) is 0 Å². The molecule has 1 aliphatic heterocycles. The second-order valence-electron chi connectivity index (χ2n) is 6.35. The molecule has 0 saturated carbocycles. The van der Waals surface area contributed by atoms with Crippen LogP contribution in [0.1, 0.15) is 54.0 Å². The van der Waals surface area contributed by atoms with Crippen molar-refractivity contribution in [2.45, 2.75) is 59.7 Å². The summed E-state index contributed by atoms with van der Waals surface area (Å²) in [5.74, 6) is 0. The average Bonchev–Trinajstić information content (AvgIpc) is 2.75. The third kappa shape index (κ3) is 4.33. The molecule has 0 bridgehead atoms. The lowest BCUT2D eigenvalue weighted by Crippen LogP contribution is -2.41. The van der Waals surface area contributed by atoms with Crippen LogP contribution >= 0.6 is 0 Å². The highest BCUT2D eigenvalue weighted by atomic mass is 16.7. The van der Waals surface area contributed by atoms with E-state index < -0.39 is 0 Å². The number of allylic oxidation sites excluding steroid dienone is 2. The third-order valence-electron chi connectivity index (χ3n) is 4.32. The van der Waals surface area contributed by atoms with Crippen LogP contribution in [0.3, 0.4) is 0 Å². The quantitative estimate of drug-likeness (QED) is 0.620. The van der Waals surface area contributed by atoms with Gasteiger partial charge in [-0.15, -0.1) is 0 Å². The van der Waals surface area contributed by atoms with Gasteiger partial charge in [-0.25, -0.2) is 0 Å². The zero-order chi connectivity index (χ0) is 17.7. The van der Waals surface area contributed by atoms with Crippen molar-refractivity contribution in [3.8, 4) is 0 Å². The minimum atomic E-state index is -0.327. The van der Waals surface area contributed by atoms with Gasteiger partial charge in [-0.3, -0.25) is 4.99 Å². The van der Waals surface area contributed by atoms with Crippen LogP contribution in [0.25, 0.3) is 5.57 Å². The summed E-state index contributed by atoms with van der Waals surface area (Å²) in [5, 5.41) is 0. The second kappa shape index (κ2) is 7.94. The van der Waals surface area contributed by atoms with Crippen LogP contribution in [0.2, 0.25) is 0 Å². The first-order valence-corrected chi connectivity index (χ1v) is 8.35. The highest BCUT2D eigenvalue weighted by molar-refractivity contribution is 6.62. The Bertz CT molecular complexity index is 560. The summed E-state index contributed by atoms with van der Waals surface area (Å²) < 4.78 is 12.2. The molecular formula is C19H30BNO2. The molecule has 2 rings (SSSR count). The summed E-state index contributed by atoms with van der Waals surface area (Å²) in [5.41, 5.74) is 2.62. The van der Waals surface area contributed by atoms with E-state index in [0.717, 1.165) is 16.6 Å².